The third kappa shape index (κ3) is 3.46. The first kappa shape index (κ1) is 14.2. The summed E-state index contributed by atoms with van der Waals surface area (Å²) in [5.41, 5.74) is 1.04. The molecule has 0 amide bonds. The fourth-order valence-electron chi connectivity index (χ4n) is 3.33. The molecule has 0 spiro atoms. The van der Waals surface area contributed by atoms with Gasteiger partial charge in [-0.15, -0.1) is 0 Å². The zero-order valence-electron chi connectivity index (χ0n) is 12.3. The van der Waals surface area contributed by atoms with Crippen molar-refractivity contribution in [3.05, 3.63) is 18.3 Å². The number of anilines is 2. The summed E-state index contributed by atoms with van der Waals surface area (Å²) in [6, 6.07) is 4.54. The average Bonchev–Trinajstić information content (AvgIpc) is 3.03. The molecule has 1 saturated heterocycles. The Labute approximate surface area is 125 Å². The van der Waals surface area contributed by atoms with Gasteiger partial charge < -0.3 is 15.3 Å². The lowest BCUT2D eigenvalue weighted by atomic mass is 9.86. The van der Waals surface area contributed by atoms with E-state index in [1.807, 2.05) is 6.20 Å². The quantitative estimate of drug-likeness (QED) is 0.892. The number of aliphatic carboxylic acids is 1. The Bertz CT molecular complexity index is 475. The van der Waals surface area contributed by atoms with Gasteiger partial charge in [0, 0.05) is 19.1 Å². The van der Waals surface area contributed by atoms with Gasteiger partial charge in [0.25, 0.3) is 0 Å². The number of pyridine rings is 1. The number of carboxylic acids is 1. The molecule has 5 nitrogen and oxygen atoms in total. The molecule has 3 rings (SSSR count). The zero-order chi connectivity index (χ0) is 14.7. The fourth-order valence-corrected chi connectivity index (χ4v) is 3.33. The Morgan fingerprint density at radius 1 is 1.19 bits per heavy atom. The Morgan fingerprint density at radius 3 is 2.48 bits per heavy atom. The summed E-state index contributed by atoms with van der Waals surface area (Å²) in [4.78, 5) is 17.8. The topological polar surface area (TPSA) is 65.5 Å². The van der Waals surface area contributed by atoms with Gasteiger partial charge in [-0.05, 0) is 50.7 Å². The van der Waals surface area contributed by atoms with Crippen LogP contribution in [0.25, 0.3) is 0 Å². The Balaban J connectivity index is 1.52. The maximum Gasteiger partial charge on any atom is 0.306 e. The SMILES string of the molecule is O=C(O)C1CCC(Nc2ccc(N3CCCC3)nc2)CC1. The molecule has 1 aromatic rings. The van der Waals surface area contributed by atoms with Crippen LogP contribution in [0.2, 0.25) is 0 Å². The summed E-state index contributed by atoms with van der Waals surface area (Å²) < 4.78 is 0. The summed E-state index contributed by atoms with van der Waals surface area (Å²) >= 11 is 0. The molecular weight excluding hydrogens is 266 g/mol. The third-order valence-corrected chi connectivity index (χ3v) is 4.63. The van der Waals surface area contributed by atoms with Gasteiger partial charge in [0.15, 0.2) is 0 Å². The lowest BCUT2D eigenvalue weighted by molar-refractivity contribution is -0.142. The first-order chi connectivity index (χ1) is 10.2. The largest absolute Gasteiger partial charge is 0.481 e. The van der Waals surface area contributed by atoms with E-state index in [-0.39, 0.29) is 5.92 Å². The minimum Gasteiger partial charge on any atom is -0.481 e. The number of hydrogen-bond donors (Lipinski definition) is 2. The molecule has 114 valence electrons. The van der Waals surface area contributed by atoms with E-state index in [0.29, 0.717) is 6.04 Å². The summed E-state index contributed by atoms with van der Waals surface area (Å²) in [6.45, 7) is 2.22. The van der Waals surface area contributed by atoms with E-state index < -0.39 is 5.97 Å². The number of carboxylic acid groups (broad SMARTS) is 1. The third-order valence-electron chi connectivity index (χ3n) is 4.63. The van der Waals surface area contributed by atoms with Crippen LogP contribution in [0.15, 0.2) is 18.3 Å². The van der Waals surface area contributed by atoms with Gasteiger partial charge in [0.1, 0.15) is 5.82 Å². The van der Waals surface area contributed by atoms with Gasteiger partial charge in [-0.25, -0.2) is 4.98 Å². The summed E-state index contributed by atoms with van der Waals surface area (Å²) in [7, 11) is 0. The van der Waals surface area contributed by atoms with Crippen molar-refractivity contribution in [3.63, 3.8) is 0 Å². The molecular formula is C16H23N3O2. The summed E-state index contributed by atoms with van der Waals surface area (Å²) in [5.74, 6) is 0.261. The molecule has 2 heterocycles. The molecule has 2 fully saturated rings. The maximum absolute atomic E-state index is 10.9. The van der Waals surface area contributed by atoms with Crippen LogP contribution >= 0.6 is 0 Å². The molecule has 0 aromatic carbocycles. The van der Waals surface area contributed by atoms with Crippen molar-refractivity contribution in [2.45, 2.75) is 44.6 Å². The van der Waals surface area contributed by atoms with Crippen LogP contribution in [-0.2, 0) is 4.79 Å². The predicted molar refractivity (Wildman–Crippen MR) is 82.7 cm³/mol. The number of nitrogens with one attached hydrogen (secondary N) is 1. The van der Waals surface area contributed by atoms with E-state index in [4.69, 9.17) is 5.11 Å². The van der Waals surface area contributed by atoms with Crippen molar-refractivity contribution in [2.75, 3.05) is 23.3 Å². The highest BCUT2D eigenvalue weighted by molar-refractivity contribution is 5.70. The van der Waals surface area contributed by atoms with Gasteiger partial charge in [0.2, 0.25) is 0 Å². The van der Waals surface area contributed by atoms with Crippen LogP contribution < -0.4 is 10.2 Å². The van der Waals surface area contributed by atoms with E-state index in [1.165, 1.54) is 12.8 Å². The number of carbonyl (C=O) groups is 1. The van der Waals surface area contributed by atoms with E-state index in [0.717, 1.165) is 50.3 Å². The van der Waals surface area contributed by atoms with Crippen LogP contribution in [0.1, 0.15) is 38.5 Å². The molecule has 21 heavy (non-hydrogen) atoms. The van der Waals surface area contributed by atoms with E-state index in [2.05, 4.69) is 27.3 Å². The minimum absolute atomic E-state index is 0.154. The summed E-state index contributed by atoms with van der Waals surface area (Å²) in [6.07, 6.45) is 7.80. The highest BCUT2D eigenvalue weighted by Gasteiger charge is 2.25. The first-order valence-electron chi connectivity index (χ1n) is 7.93. The number of hydrogen-bond acceptors (Lipinski definition) is 4. The second kappa shape index (κ2) is 6.33. The molecule has 1 saturated carbocycles. The molecule has 2 N–H and O–H groups in total. The Kier molecular flexibility index (Phi) is 4.27. The van der Waals surface area contributed by atoms with Gasteiger partial charge in [-0.3, -0.25) is 4.79 Å². The average molecular weight is 289 g/mol. The lowest BCUT2D eigenvalue weighted by Crippen LogP contribution is -2.29. The van der Waals surface area contributed by atoms with Gasteiger partial charge in [0.05, 0.1) is 17.8 Å². The van der Waals surface area contributed by atoms with Crippen molar-refractivity contribution in [3.8, 4) is 0 Å². The van der Waals surface area contributed by atoms with Crippen molar-refractivity contribution in [2.24, 2.45) is 5.92 Å². The normalized spacial score (nSPS) is 25.8. The number of aromatic nitrogens is 1. The Morgan fingerprint density at radius 2 is 1.90 bits per heavy atom. The maximum atomic E-state index is 10.9. The standard InChI is InChI=1S/C16H23N3O2/c20-16(21)12-3-5-13(6-4-12)18-14-7-8-15(17-11-14)19-9-1-2-10-19/h7-8,11-13,18H,1-6,9-10H2,(H,20,21). The molecule has 0 bridgehead atoms. The van der Waals surface area contributed by atoms with Crippen molar-refractivity contribution in [1.29, 1.82) is 0 Å². The van der Waals surface area contributed by atoms with Crippen LogP contribution in [0.4, 0.5) is 11.5 Å². The molecule has 1 aromatic heterocycles. The monoisotopic (exact) mass is 289 g/mol. The van der Waals surface area contributed by atoms with Gasteiger partial charge in [-0.1, -0.05) is 0 Å². The van der Waals surface area contributed by atoms with Crippen molar-refractivity contribution in [1.82, 2.24) is 4.98 Å². The van der Waals surface area contributed by atoms with Gasteiger partial charge >= 0.3 is 5.97 Å². The van der Waals surface area contributed by atoms with Crippen molar-refractivity contribution < 1.29 is 9.90 Å². The predicted octanol–water partition coefficient (Wildman–Crippen LogP) is 2.74. The second-order valence-electron chi connectivity index (χ2n) is 6.13. The molecule has 1 aliphatic heterocycles. The van der Waals surface area contributed by atoms with Crippen molar-refractivity contribution >= 4 is 17.5 Å². The van der Waals surface area contributed by atoms with Crippen LogP contribution in [0.5, 0.6) is 0 Å². The molecule has 0 atom stereocenters. The zero-order valence-corrected chi connectivity index (χ0v) is 12.3. The first-order valence-corrected chi connectivity index (χ1v) is 7.93. The highest BCUT2D eigenvalue weighted by atomic mass is 16.4. The number of rotatable bonds is 4. The minimum atomic E-state index is -0.648. The fraction of sp³-hybridized carbons (Fsp3) is 0.625. The second-order valence-corrected chi connectivity index (χ2v) is 6.13. The van der Waals surface area contributed by atoms with Crippen LogP contribution in [0, 0.1) is 5.92 Å². The van der Waals surface area contributed by atoms with E-state index in [1.54, 1.807) is 0 Å². The highest BCUT2D eigenvalue weighted by Crippen LogP contribution is 2.27. The molecule has 2 aliphatic rings. The van der Waals surface area contributed by atoms with E-state index >= 15 is 0 Å². The van der Waals surface area contributed by atoms with Gasteiger partial charge in [-0.2, -0.15) is 0 Å². The smallest absolute Gasteiger partial charge is 0.306 e. The molecule has 5 heteroatoms. The molecule has 0 unspecified atom stereocenters. The van der Waals surface area contributed by atoms with E-state index in [9.17, 15) is 4.79 Å². The Hall–Kier alpha value is -1.78. The van der Waals surface area contributed by atoms with Crippen LogP contribution in [-0.4, -0.2) is 35.2 Å². The molecule has 0 radical (unpaired) electrons. The molecule has 1 aliphatic carbocycles. The number of nitrogens with zero attached hydrogens (tertiary/aromatic N) is 2. The summed E-state index contributed by atoms with van der Waals surface area (Å²) in [5, 5.41) is 12.5. The lowest BCUT2D eigenvalue weighted by Gasteiger charge is -2.27. The van der Waals surface area contributed by atoms with Crippen LogP contribution in [0.3, 0.4) is 0 Å².